The molecule has 0 bridgehead atoms. The van der Waals surface area contributed by atoms with Gasteiger partial charge in [0.25, 0.3) is 0 Å². The zero-order chi connectivity index (χ0) is 22.4. The van der Waals surface area contributed by atoms with Crippen molar-refractivity contribution >= 4 is 17.7 Å². The summed E-state index contributed by atoms with van der Waals surface area (Å²) in [5.74, 6) is -0.0420. The van der Waals surface area contributed by atoms with E-state index in [1.807, 2.05) is 0 Å². The molecule has 31 heavy (non-hydrogen) atoms. The maximum absolute atomic E-state index is 12.3. The van der Waals surface area contributed by atoms with E-state index in [1.54, 1.807) is 24.3 Å². The van der Waals surface area contributed by atoms with Crippen LogP contribution in [0.25, 0.3) is 6.08 Å². The van der Waals surface area contributed by atoms with E-state index in [2.05, 4.69) is 9.84 Å². The largest absolute Gasteiger partial charge is 0.496 e. The van der Waals surface area contributed by atoms with Crippen LogP contribution in [0, 0.1) is 10.1 Å². The summed E-state index contributed by atoms with van der Waals surface area (Å²) in [5.41, 5.74) is 1.72. The standard InChI is InChI=1S/C21H17F2N3O5/c1-30-19-9-3-14(12-16(19)13-25-11-10-20(24-25)26(28)29)2-8-18(27)15-4-6-17(7-5-15)31-21(22)23/h2-12,21H,13H2,1H3/b8-2+. The smallest absolute Gasteiger partial charge is 0.389 e. The molecule has 0 N–H and O–H groups in total. The van der Waals surface area contributed by atoms with Crippen LogP contribution in [0.15, 0.2) is 60.8 Å². The highest BCUT2D eigenvalue weighted by atomic mass is 19.3. The van der Waals surface area contributed by atoms with Crippen LogP contribution in [-0.2, 0) is 6.54 Å². The van der Waals surface area contributed by atoms with Gasteiger partial charge in [-0.05, 0) is 53.0 Å². The van der Waals surface area contributed by atoms with Gasteiger partial charge in [-0.1, -0.05) is 12.1 Å². The predicted molar refractivity (Wildman–Crippen MR) is 107 cm³/mol. The van der Waals surface area contributed by atoms with E-state index in [9.17, 15) is 23.7 Å². The fourth-order valence-electron chi connectivity index (χ4n) is 2.81. The Kier molecular flexibility index (Phi) is 6.71. The van der Waals surface area contributed by atoms with Crippen LogP contribution in [0.4, 0.5) is 14.6 Å². The Morgan fingerprint density at radius 3 is 2.58 bits per heavy atom. The number of ether oxygens (including phenoxy) is 2. The zero-order valence-corrected chi connectivity index (χ0v) is 16.3. The second-order valence-electron chi connectivity index (χ2n) is 6.30. The molecule has 8 nitrogen and oxygen atoms in total. The summed E-state index contributed by atoms with van der Waals surface area (Å²) in [7, 11) is 1.50. The predicted octanol–water partition coefficient (Wildman–Crippen LogP) is 4.35. The fraction of sp³-hybridized carbons (Fsp3) is 0.143. The third kappa shape index (κ3) is 5.72. The van der Waals surface area contributed by atoms with E-state index in [0.717, 1.165) is 0 Å². The number of rotatable bonds is 9. The van der Waals surface area contributed by atoms with Crippen LogP contribution in [0.2, 0.25) is 0 Å². The first-order valence-electron chi connectivity index (χ1n) is 8.98. The first-order valence-corrected chi connectivity index (χ1v) is 8.98. The number of hydrogen-bond donors (Lipinski definition) is 0. The lowest BCUT2D eigenvalue weighted by Crippen LogP contribution is -2.03. The normalized spacial score (nSPS) is 11.1. The van der Waals surface area contributed by atoms with Crippen molar-refractivity contribution in [2.45, 2.75) is 13.2 Å². The number of ketones is 1. The van der Waals surface area contributed by atoms with Crippen LogP contribution in [0.5, 0.6) is 11.5 Å². The molecule has 3 aromatic rings. The maximum Gasteiger partial charge on any atom is 0.389 e. The number of hydrogen-bond acceptors (Lipinski definition) is 6. The molecule has 0 saturated carbocycles. The van der Waals surface area contributed by atoms with Crippen LogP contribution >= 0.6 is 0 Å². The molecule has 3 rings (SSSR count). The first kappa shape index (κ1) is 21.6. The molecule has 0 spiro atoms. The minimum atomic E-state index is -2.93. The fourth-order valence-corrected chi connectivity index (χ4v) is 2.81. The lowest BCUT2D eigenvalue weighted by atomic mass is 10.1. The number of carbonyl (C=O) groups is 1. The zero-order valence-electron chi connectivity index (χ0n) is 16.3. The van der Waals surface area contributed by atoms with Gasteiger partial charge in [0.15, 0.2) is 5.78 Å². The molecule has 0 unspecified atom stereocenters. The number of methoxy groups -OCH3 is 1. The topological polar surface area (TPSA) is 96.5 Å². The molecule has 0 fully saturated rings. The molecule has 160 valence electrons. The Bertz CT molecular complexity index is 1110. The number of nitro groups is 1. The van der Waals surface area contributed by atoms with Crippen LogP contribution < -0.4 is 9.47 Å². The van der Waals surface area contributed by atoms with Crippen molar-refractivity contribution in [3.05, 3.63) is 87.6 Å². The summed E-state index contributed by atoms with van der Waals surface area (Å²) in [6.07, 6.45) is 4.44. The van der Waals surface area contributed by atoms with E-state index in [0.29, 0.717) is 22.4 Å². The van der Waals surface area contributed by atoms with Crippen molar-refractivity contribution in [3.63, 3.8) is 0 Å². The van der Waals surface area contributed by atoms with Gasteiger partial charge in [0.05, 0.1) is 31.0 Å². The van der Waals surface area contributed by atoms with Gasteiger partial charge in [-0.15, -0.1) is 0 Å². The average Bonchev–Trinajstić information content (AvgIpc) is 3.21. The van der Waals surface area contributed by atoms with Crippen molar-refractivity contribution in [1.82, 2.24) is 9.78 Å². The molecule has 1 heterocycles. The molecule has 0 amide bonds. The quantitative estimate of drug-likeness (QED) is 0.217. The molecular formula is C21H17F2N3O5. The average molecular weight is 429 g/mol. The van der Waals surface area contributed by atoms with Gasteiger partial charge in [0, 0.05) is 11.1 Å². The van der Waals surface area contributed by atoms with Crippen molar-refractivity contribution in [2.24, 2.45) is 0 Å². The lowest BCUT2D eigenvalue weighted by Gasteiger charge is -2.08. The van der Waals surface area contributed by atoms with Crippen LogP contribution in [0.1, 0.15) is 21.5 Å². The highest BCUT2D eigenvalue weighted by Crippen LogP contribution is 2.23. The Labute approximate surface area is 175 Å². The third-order valence-electron chi connectivity index (χ3n) is 4.24. The summed E-state index contributed by atoms with van der Waals surface area (Å²) in [4.78, 5) is 22.6. The van der Waals surface area contributed by atoms with E-state index >= 15 is 0 Å². The SMILES string of the molecule is COc1ccc(/C=C/C(=O)c2ccc(OC(F)F)cc2)cc1Cn1ccc([N+](=O)[O-])n1. The number of carbonyl (C=O) groups excluding carboxylic acids is 1. The molecule has 0 radical (unpaired) electrons. The summed E-state index contributed by atoms with van der Waals surface area (Å²) in [6, 6.07) is 11.9. The maximum atomic E-state index is 12.3. The van der Waals surface area contributed by atoms with Crippen molar-refractivity contribution in [1.29, 1.82) is 0 Å². The number of allylic oxidation sites excluding steroid dienone is 1. The van der Waals surface area contributed by atoms with Crippen molar-refractivity contribution < 1.29 is 28.0 Å². The van der Waals surface area contributed by atoms with Gasteiger partial charge in [-0.25, -0.2) is 0 Å². The summed E-state index contributed by atoms with van der Waals surface area (Å²) in [5, 5.41) is 14.7. The number of halogens is 2. The molecular weight excluding hydrogens is 412 g/mol. The van der Waals surface area contributed by atoms with Gasteiger partial charge in [0.1, 0.15) is 11.5 Å². The molecule has 10 heteroatoms. The Balaban J connectivity index is 1.74. The highest BCUT2D eigenvalue weighted by molar-refractivity contribution is 6.06. The molecule has 0 saturated heterocycles. The second-order valence-corrected chi connectivity index (χ2v) is 6.30. The van der Waals surface area contributed by atoms with Gasteiger partial charge in [0.2, 0.25) is 0 Å². The number of benzene rings is 2. The van der Waals surface area contributed by atoms with E-state index in [1.165, 1.54) is 54.4 Å². The second kappa shape index (κ2) is 9.61. The molecule has 0 aliphatic heterocycles. The van der Waals surface area contributed by atoms with Crippen molar-refractivity contribution in [2.75, 3.05) is 7.11 Å². The molecule has 2 aromatic carbocycles. The minimum Gasteiger partial charge on any atom is -0.496 e. The molecule has 1 aromatic heterocycles. The van der Waals surface area contributed by atoms with Crippen LogP contribution in [-0.4, -0.2) is 34.2 Å². The Hall–Kier alpha value is -4.08. The number of aromatic nitrogens is 2. The minimum absolute atomic E-state index is 0.0332. The summed E-state index contributed by atoms with van der Waals surface area (Å²) < 4.78 is 35.4. The van der Waals surface area contributed by atoms with Gasteiger partial charge >= 0.3 is 12.4 Å². The van der Waals surface area contributed by atoms with Crippen molar-refractivity contribution in [3.8, 4) is 11.5 Å². The number of nitrogens with zero attached hydrogens (tertiary/aromatic N) is 3. The lowest BCUT2D eigenvalue weighted by molar-refractivity contribution is -0.389. The van der Waals surface area contributed by atoms with Crippen LogP contribution in [0.3, 0.4) is 0 Å². The first-order chi connectivity index (χ1) is 14.9. The number of alkyl halides is 2. The summed E-state index contributed by atoms with van der Waals surface area (Å²) in [6.45, 7) is -2.70. The Morgan fingerprint density at radius 1 is 1.23 bits per heavy atom. The van der Waals surface area contributed by atoms with Gasteiger partial charge in [-0.3, -0.25) is 4.79 Å². The van der Waals surface area contributed by atoms with E-state index < -0.39 is 11.5 Å². The monoisotopic (exact) mass is 429 g/mol. The molecule has 0 aliphatic rings. The molecule has 0 atom stereocenters. The highest BCUT2D eigenvalue weighted by Gasteiger charge is 2.13. The third-order valence-corrected chi connectivity index (χ3v) is 4.24. The summed E-state index contributed by atoms with van der Waals surface area (Å²) >= 11 is 0. The van der Waals surface area contributed by atoms with E-state index in [-0.39, 0.29) is 23.9 Å². The van der Waals surface area contributed by atoms with Gasteiger partial charge in [-0.2, -0.15) is 13.5 Å². The Morgan fingerprint density at radius 2 is 1.97 bits per heavy atom. The van der Waals surface area contributed by atoms with E-state index in [4.69, 9.17) is 4.74 Å². The van der Waals surface area contributed by atoms with Gasteiger partial charge < -0.3 is 19.6 Å². The molecule has 0 aliphatic carbocycles.